The van der Waals surface area contributed by atoms with Crippen LogP contribution in [0, 0.1) is 0 Å². The largest absolute Gasteiger partial charge is 0.479 e. The third kappa shape index (κ3) is 1.69. The van der Waals surface area contributed by atoms with Gasteiger partial charge >= 0.3 is 11.9 Å². The fourth-order valence-corrected chi connectivity index (χ4v) is 1.89. The lowest BCUT2D eigenvalue weighted by atomic mass is 9.96. The first-order chi connectivity index (χ1) is 8.47. The van der Waals surface area contributed by atoms with Gasteiger partial charge in [0.2, 0.25) is 0 Å². The summed E-state index contributed by atoms with van der Waals surface area (Å²) in [5, 5.41) is 18.2. The summed E-state index contributed by atoms with van der Waals surface area (Å²) >= 11 is 0. The highest BCUT2D eigenvalue weighted by Crippen LogP contribution is 2.30. The van der Waals surface area contributed by atoms with Crippen molar-refractivity contribution in [2.75, 3.05) is 0 Å². The van der Waals surface area contributed by atoms with E-state index in [-0.39, 0.29) is 0 Å². The Morgan fingerprint density at radius 1 is 1.11 bits per heavy atom. The minimum atomic E-state index is -2.20. The third-order valence-electron chi connectivity index (χ3n) is 2.82. The Kier molecular flexibility index (Phi) is 2.74. The number of carbonyl (C=O) groups is 2. The molecule has 18 heavy (non-hydrogen) atoms. The number of aliphatic imine (C=N–C) groups is 1. The van der Waals surface area contributed by atoms with E-state index < -0.39 is 17.5 Å². The molecule has 0 amide bonds. The van der Waals surface area contributed by atoms with Gasteiger partial charge in [0.05, 0.1) is 0 Å². The molecule has 0 atom stereocenters. The molecular formula is C13H11NO4. The van der Waals surface area contributed by atoms with Crippen LogP contribution < -0.4 is 0 Å². The highest BCUT2D eigenvalue weighted by molar-refractivity contribution is 6.29. The fraction of sp³-hybridized carbons (Fsp3) is 0.154. The summed E-state index contributed by atoms with van der Waals surface area (Å²) < 4.78 is 0. The van der Waals surface area contributed by atoms with Crippen molar-refractivity contribution in [2.24, 2.45) is 4.99 Å². The van der Waals surface area contributed by atoms with Crippen molar-refractivity contribution < 1.29 is 19.8 Å². The smallest absolute Gasteiger partial charge is 0.347 e. The van der Waals surface area contributed by atoms with Crippen LogP contribution in [0.5, 0.6) is 0 Å². The second-order valence-electron chi connectivity index (χ2n) is 4.00. The number of hydrogen-bond acceptors (Lipinski definition) is 3. The Bertz CT molecular complexity index is 558. The molecule has 0 saturated heterocycles. The van der Waals surface area contributed by atoms with Gasteiger partial charge in [0.15, 0.2) is 0 Å². The van der Waals surface area contributed by atoms with E-state index in [0.29, 0.717) is 11.3 Å². The molecule has 1 aliphatic rings. The molecule has 92 valence electrons. The van der Waals surface area contributed by atoms with E-state index in [0.717, 1.165) is 5.56 Å². The van der Waals surface area contributed by atoms with Gasteiger partial charge in [-0.25, -0.2) is 9.59 Å². The molecule has 0 aliphatic carbocycles. The predicted octanol–water partition coefficient (Wildman–Crippen LogP) is 1.45. The number of aliphatic carboxylic acids is 2. The summed E-state index contributed by atoms with van der Waals surface area (Å²) in [6, 6.07) is 8.98. The maximum atomic E-state index is 11.2. The molecule has 2 N–H and O–H groups in total. The van der Waals surface area contributed by atoms with E-state index in [1.165, 1.54) is 6.08 Å². The number of carboxylic acids is 2. The Balaban J connectivity index is 2.57. The van der Waals surface area contributed by atoms with E-state index in [1.54, 1.807) is 31.2 Å². The standard InChI is InChI=1S/C13H11NO4/c1-8-10(9-5-3-2-4-6-9)7-13(14-8,11(15)16)12(17)18/h2-7H,1H3,(H,15,16)(H,17,18). The van der Waals surface area contributed by atoms with Gasteiger partial charge in [0, 0.05) is 11.3 Å². The molecule has 0 spiro atoms. The van der Waals surface area contributed by atoms with Crippen molar-refractivity contribution in [3.63, 3.8) is 0 Å². The molecule has 0 aromatic heterocycles. The SMILES string of the molecule is CC1=NC(C(=O)O)(C(=O)O)C=C1c1ccccc1. The lowest BCUT2D eigenvalue weighted by molar-refractivity contribution is -0.153. The van der Waals surface area contributed by atoms with Gasteiger partial charge in [-0.05, 0) is 18.6 Å². The molecule has 0 unspecified atom stereocenters. The second-order valence-corrected chi connectivity index (χ2v) is 4.00. The van der Waals surface area contributed by atoms with Gasteiger partial charge < -0.3 is 10.2 Å². The average Bonchev–Trinajstić information content (AvgIpc) is 2.70. The van der Waals surface area contributed by atoms with Crippen molar-refractivity contribution in [2.45, 2.75) is 12.5 Å². The molecule has 1 aromatic carbocycles. The topological polar surface area (TPSA) is 87.0 Å². The summed E-state index contributed by atoms with van der Waals surface area (Å²) in [5.41, 5.74) is -0.496. The van der Waals surface area contributed by atoms with Crippen LogP contribution in [0.15, 0.2) is 41.4 Å². The number of benzene rings is 1. The zero-order valence-electron chi connectivity index (χ0n) is 9.62. The summed E-state index contributed by atoms with van der Waals surface area (Å²) in [7, 11) is 0. The van der Waals surface area contributed by atoms with E-state index in [1.807, 2.05) is 6.07 Å². The zero-order chi connectivity index (χ0) is 13.3. The van der Waals surface area contributed by atoms with E-state index in [2.05, 4.69) is 4.99 Å². The maximum absolute atomic E-state index is 11.2. The van der Waals surface area contributed by atoms with Gasteiger partial charge in [-0.2, -0.15) is 0 Å². The first-order valence-corrected chi connectivity index (χ1v) is 5.29. The molecule has 0 saturated carbocycles. The van der Waals surface area contributed by atoms with Crippen molar-refractivity contribution in [3.8, 4) is 0 Å². The van der Waals surface area contributed by atoms with E-state index in [9.17, 15) is 9.59 Å². The minimum Gasteiger partial charge on any atom is -0.479 e. The highest BCUT2D eigenvalue weighted by Gasteiger charge is 2.48. The van der Waals surface area contributed by atoms with Crippen molar-refractivity contribution in [1.29, 1.82) is 0 Å². The van der Waals surface area contributed by atoms with Crippen LogP contribution in [0.2, 0.25) is 0 Å². The summed E-state index contributed by atoms with van der Waals surface area (Å²) in [6.45, 7) is 1.60. The van der Waals surface area contributed by atoms with E-state index in [4.69, 9.17) is 10.2 Å². The van der Waals surface area contributed by atoms with Gasteiger partial charge in [-0.3, -0.25) is 4.99 Å². The lowest BCUT2D eigenvalue weighted by Crippen LogP contribution is -2.41. The Morgan fingerprint density at radius 2 is 1.67 bits per heavy atom. The molecule has 1 aliphatic heterocycles. The van der Waals surface area contributed by atoms with Crippen LogP contribution in [0.3, 0.4) is 0 Å². The Morgan fingerprint density at radius 3 is 2.11 bits per heavy atom. The number of allylic oxidation sites excluding steroid dienone is 1. The maximum Gasteiger partial charge on any atom is 0.347 e. The lowest BCUT2D eigenvalue weighted by Gasteiger charge is -2.12. The Hall–Kier alpha value is -2.43. The van der Waals surface area contributed by atoms with Gasteiger partial charge in [-0.1, -0.05) is 30.3 Å². The zero-order valence-corrected chi connectivity index (χ0v) is 9.62. The molecule has 1 heterocycles. The molecule has 0 radical (unpaired) electrons. The average molecular weight is 245 g/mol. The van der Waals surface area contributed by atoms with Gasteiger partial charge in [0.25, 0.3) is 5.54 Å². The van der Waals surface area contributed by atoms with Crippen molar-refractivity contribution >= 4 is 23.2 Å². The van der Waals surface area contributed by atoms with Crippen LogP contribution in [0.1, 0.15) is 12.5 Å². The number of nitrogens with zero attached hydrogens (tertiary/aromatic N) is 1. The van der Waals surface area contributed by atoms with Crippen LogP contribution in [-0.2, 0) is 9.59 Å². The first-order valence-electron chi connectivity index (χ1n) is 5.29. The molecular weight excluding hydrogens is 234 g/mol. The highest BCUT2D eigenvalue weighted by atomic mass is 16.4. The number of hydrogen-bond donors (Lipinski definition) is 2. The van der Waals surface area contributed by atoms with Gasteiger partial charge in [-0.15, -0.1) is 0 Å². The summed E-state index contributed by atoms with van der Waals surface area (Å²) in [5.74, 6) is -2.97. The molecule has 0 fully saturated rings. The molecule has 1 aromatic rings. The van der Waals surface area contributed by atoms with Crippen LogP contribution >= 0.6 is 0 Å². The third-order valence-corrected chi connectivity index (χ3v) is 2.82. The van der Waals surface area contributed by atoms with E-state index >= 15 is 0 Å². The summed E-state index contributed by atoms with van der Waals surface area (Å²) in [4.78, 5) is 26.1. The Labute approximate surface area is 103 Å². The fourth-order valence-electron chi connectivity index (χ4n) is 1.89. The molecule has 5 nitrogen and oxygen atoms in total. The monoisotopic (exact) mass is 245 g/mol. The number of rotatable bonds is 3. The van der Waals surface area contributed by atoms with Crippen molar-refractivity contribution in [1.82, 2.24) is 0 Å². The molecule has 2 rings (SSSR count). The molecule has 5 heteroatoms. The van der Waals surface area contributed by atoms with Gasteiger partial charge in [0.1, 0.15) is 0 Å². The number of carboxylic acid groups (broad SMARTS) is 2. The van der Waals surface area contributed by atoms with Crippen LogP contribution in [-0.4, -0.2) is 33.4 Å². The van der Waals surface area contributed by atoms with Crippen molar-refractivity contribution in [3.05, 3.63) is 42.0 Å². The quantitative estimate of drug-likeness (QED) is 0.789. The summed E-state index contributed by atoms with van der Waals surface area (Å²) in [6.07, 6.45) is 1.18. The van der Waals surface area contributed by atoms with Crippen LogP contribution in [0.25, 0.3) is 5.57 Å². The normalized spacial score (nSPS) is 16.9. The predicted molar refractivity (Wildman–Crippen MR) is 65.5 cm³/mol. The minimum absolute atomic E-state index is 0.408. The first kappa shape index (κ1) is 12.0. The second kappa shape index (κ2) is 4.10. The van der Waals surface area contributed by atoms with Crippen LogP contribution in [0.4, 0.5) is 0 Å². The molecule has 0 bridgehead atoms.